The summed E-state index contributed by atoms with van der Waals surface area (Å²) in [7, 11) is 0. The third kappa shape index (κ3) is 5.50. The highest BCUT2D eigenvalue weighted by Crippen LogP contribution is 2.31. The molecule has 0 bridgehead atoms. The molecule has 1 fully saturated rings. The Labute approximate surface area is 214 Å². The molecule has 3 amide bonds. The van der Waals surface area contributed by atoms with E-state index < -0.39 is 0 Å². The first-order valence-corrected chi connectivity index (χ1v) is 12.1. The second kappa shape index (κ2) is 10.2. The largest absolute Gasteiger partial charge is 0.352 e. The first kappa shape index (κ1) is 24.2. The number of anilines is 3. The number of benzene rings is 3. The van der Waals surface area contributed by atoms with Gasteiger partial charge in [-0.15, -0.1) is 0 Å². The predicted molar refractivity (Wildman–Crippen MR) is 143 cm³/mol. The Bertz CT molecular complexity index is 1470. The Balaban J connectivity index is 1.41. The summed E-state index contributed by atoms with van der Waals surface area (Å²) in [5, 5.41) is 6.46. The molecule has 0 spiro atoms. The fourth-order valence-corrected chi connectivity index (χ4v) is 4.44. The molecule has 2 heterocycles. The van der Waals surface area contributed by atoms with Crippen LogP contribution in [-0.2, 0) is 4.79 Å². The van der Waals surface area contributed by atoms with Crippen LogP contribution in [0.25, 0.3) is 22.0 Å². The van der Waals surface area contributed by atoms with E-state index in [4.69, 9.17) is 0 Å². The van der Waals surface area contributed by atoms with Crippen LogP contribution in [-0.4, -0.2) is 53.0 Å². The van der Waals surface area contributed by atoms with Gasteiger partial charge in [-0.05, 0) is 60.0 Å². The van der Waals surface area contributed by atoms with Crippen LogP contribution in [0, 0.1) is 12.7 Å². The van der Waals surface area contributed by atoms with Gasteiger partial charge in [0.15, 0.2) is 0 Å². The number of urea groups is 1. The van der Waals surface area contributed by atoms with Gasteiger partial charge in [0.2, 0.25) is 11.9 Å². The molecule has 5 rings (SSSR count). The molecule has 1 aliphatic rings. The molecule has 1 saturated heterocycles. The van der Waals surface area contributed by atoms with Crippen LogP contribution in [0.4, 0.5) is 26.6 Å². The van der Waals surface area contributed by atoms with E-state index in [1.807, 2.05) is 49.4 Å². The third-order valence-electron chi connectivity index (χ3n) is 6.28. The number of nitrogens with zero attached hydrogens (tertiary/aromatic N) is 4. The predicted octanol–water partition coefficient (Wildman–Crippen LogP) is 5.06. The summed E-state index contributed by atoms with van der Waals surface area (Å²) < 4.78 is 13.4. The molecule has 37 heavy (non-hydrogen) atoms. The van der Waals surface area contributed by atoms with Crippen LogP contribution in [0.1, 0.15) is 12.5 Å². The summed E-state index contributed by atoms with van der Waals surface area (Å²) in [5.74, 6) is 0.351. The summed E-state index contributed by atoms with van der Waals surface area (Å²) in [6.07, 6.45) is 0. The molecule has 0 atom stereocenters. The topological polar surface area (TPSA) is 90.5 Å². The quantitative estimate of drug-likeness (QED) is 0.411. The Morgan fingerprint density at radius 1 is 0.865 bits per heavy atom. The van der Waals surface area contributed by atoms with E-state index in [1.54, 1.807) is 17.0 Å². The average molecular weight is 499 g/mol. The van der Waals surface area contributed by atoms with Gasteiger partial charge in [0, 0.05) is 44.2 Å². The number of rotatable bonds is 4. The second-order valence-electron chi connectivity index (χ2n) is 9.06. The van der Waals surface area contributed by atoms with E-state index in [1.165, 1.54) is 19.1 Å². The van der Waals surface area contributed by atoms with Crippen molar-refractivity contribution in [1.29, 1.82) is 0 Å². The van der Waals surface area contributed by atoms with E-state index in [9.17, 15) is 14.0 Å². The van der Waals surface area contributed by atoms with E-state index >= 15 is 0 Å². The van der Waals surface area contributed by atoms with Crippen LogP contribution in [0.5, 0.6) is 0 Å². The highest BCUT2D eigenvalue weighted by molar-refractivity contribution is 5.96. The molecule has 0 aliphatic carbocycles. The molecule has 8 nitrogen and oxygen atoms in total. The lowest BCUT2D eigenvalue weighted by Crippen LogP contribution is -2.50. The Morgan fingerprint density at radius 3 is 2.30 bits per heavy atom. The maximum Gasteiger partial charge on any atom is 0.321 e. The molecule has 3 aromatic carbocycles. The van der Waals surface area contributed by atoms with Crippen LogP contribution in [0.3, 0.4) is 0 Å². The van der Waals surface area contributed by atoms with Crippen LogP contribution >= 0.6 is 0 Å². The van der Waals surface area contributed by atoms with E-state index in [-0.39, 0.29) is 23.7 Å². The Hall–Kier alpha value is -4.53. The number of hydrogen-bond acceptors (Lipinski definition) is 5. The molecule has 1 aliphatic heterocycles. The second-order valence-corrected chi connectivity index (χ2v) is 9.06. The van der Waals surface area contributed by atoms with Crippen molar-refractivity contribution in [2.24, 2.45) is 0 Å². The standard InChI is InChI=1S/C28H27FN6O2/c1-18-4-3-5-23(16-18)31-28(37)35-14-12-34(13-15-35)26-24-17-21(20-6-9-22(29)10-7-20)8-11-25(24)32-27(33-26)30-19(2)36/h3-11,16-17H,12-15H2,1-2H3,(H,31,37)(H,30,32,33,36). The van der Waals surface area contributed by atoms with Gasteiger partial charge in [-0.1, -0.05) is 30.3 Å². The van der Waals surface area contributed by atoms with Gasteiger partial charge < -0.3 is 15.1 Å². The van der Waals surface area contributed by atoms with Crippen LogP contribution in [0.2, 0.25) is 0 Å². The molecule has 2 N–H and O–H groups in total. The number of nitrogens with one attached hydrogen (secondary N) is 2. The summed E-state index contributed by atoms with van der Waals surface area (Å²) in [4.78, 5) is 37.6. The van der Waals surface area contributed by atoms with Crippen molar-refractivity contribution < 1.29 is 14.0 Å². The van der Waals surface area contributed by atoms with E-state index in [0.717, 1.165) is 27.8 Å². The number of piperazine rings is 1. The molecular formula is C28H27FN6O2. The third-order valence-corrected chi connectivity index (χ3v) is 6.28. The number of hydrogen-bond donors (Lipinski definition) is 2. The minimum atomic E-state index is -0.294. The van der Waals surface area contributed by atoms with Gasteiger partial charge in [-0.25, -0.2) is 14.2 Å². The number of carbonyl (C=O) groups excluding carboxylic acids is 2. The molecule has 0 saturated carbocycles. The Kier molecular flexibility index (Phi) is 6.68. The van der Waals surface area contributed by atoms with Gasteiger partial charge in [-0.3, -0.25) is 10.1 Å². The van der Waals surface area contributed by atoms with Gasteiger partial charge in [0.25, 0.3) is 0 Å². The first-order valence-electron chi connectivity index (χ1n) is 12.1. The number of carbonyl (C=O) groups is 2. The molecule has 0 radical (unpaired) electrons. The highest BCUT2D eigenvalue weighted by Gasteiger charge is 2.24. The number of aryl methyl sites for hydroxylation is 1. The summed E-state index contributed by atoms with van der Waals surface area (Å²) in [6.45, 7) is 5.54. The van der Waals surface area contributed by atoms with Gasteiger partial charge >= 0.3 is 6.03 Å². The fourth-order valence-electron chi connectivity index (χ4n) is 4.44. The maximum atomic E-state index is 13.4. The lowest BCUT2D eigenvalue weighted by Gasteiger charge is -2.36. The van der Waals surface area contributed by atoms with Gasteiger partial charge in [0.05, 0.1) is 5.52 Å². The van der Waals surface area contributed by atoms with Gasteiger partial charge in [-0.2, -0.15) is 4.98 Å². The van der Waals surface area contributed by atoms with Crippen molar-refractivity contribution in [3.8, 4) is 11.1 Å². The molecule has 0 unspecified atom stereocenters. The number of fused-ring (bicyclic) bond motifs is 1. The summed E-state index contributed by atoms with van der Waals surface area (Å²) >= 11 is 0. The van der Waals surface area contributed by atoms with Crippen molar-refractivity contribution in [2.45, 2.75) is 13.8 Å². The molecular weight excluding hydrogens is 471 g/mol. The van der Waals surface area contributed by atoms with Crippen LogP contribution < -0.4 is 15.5 Å². The minimum Gasteiger partial charge on any atom is -0.352 e. The van der Waals surface area contributed by atoms with Crippen molar-refractivity contribution in [3.05, 3.63) is 78.1 Å². The van der Waals surface area contributed by atoms with Crippen molar-refractivity contribution in [1.82, 2.24) is 14.9 Å². The van der Waals surface area contributed by atoms with E-state index in [0.29, 0.717) is 37.5 Å². The molecule has 188 valence electrons. The SMILES string of the molecule is CC(=O)Nc1nc(N2CCN(C(=O)Nc3cccc(C)c3)CC2)c2cc(-c3ccc(F)cc3)ccc2n1. The van der Waals surface area contributed by atoms with Gasteiger partial charge in [0.1, 0.15) is 11.6 Å². The minimum absolute atomic E-state index is 0.143. The smallest absolute Gasteiger partial charge is 0.321 e. The Morgan fingerprint density at radius 2 is 1.59 bits per heavy atom. The lowest BCUT2D eigenvalue weighted by molar-refractivity contribution is -0.114. The van der Waals surface area contributed by atoms with Crippen molar-refractivity contribution in [2.75, 3.05) is 41.7 Å². The summed E-state index contributed by atoms with van der Waals surface area (Å²) in [6, 6.07) is 19.6. The average Bonchev–Trinajstić information content (AvgIpc) is 2.88. The highest BCUT2D eigenvalue weighted by atomic mass is 19.1. The zero-order chi connectivity index (χ0) is 25.9. The summed E-state index contributed by atoms with van der Waals surface area (Å²) in [5.41, 5.74) is 4.30. The zero-order valence-corrected chi connectivity index (χ0v) is 20.7. The number of halogens is 1. The zero-order valence-electron chi connectivity index (χ0n) is 20.7. The number of aromatic nitrogens is 2. The first-order chi connectivity index (χ1) is 17.9. The van der Waals surface area contributed by atoms with E-state index in [2.05, 4.69) is 25.5 Å². The molecule has 4 aromatic rings. The lowest BCUT2D eigenvalue weighted by atomic mass is 10.0. The normalized spacial score (nSPS) is 13.5. The number of amides is 3. The molecule has 1 aromatic heterocycles. The molecule has 9 heteroatoms. The monoisotopic (exact) mass is 498 g/mol. The van der Waals surface area contributed by atoms with Crippen LogP contribution in [0.15, 0.2) is 66.7 Å². The van der Waals surface area contributed by atoms with Crippen molar-refractivity contribution >= 4 is 40.3 Å². The fraction of sp³-hybridized carbons (Fsp3) is 0.214. The van der Waals surface area contributed by atoms with Crippen molar-refractivity contribution in [3.63, 3.8) is 0 Å². The maximum absolute atomic E-state index is 13.4.